The second kappa shape index (κ2) is 18.2. The summed E-state index contributed by atoms with van der Waals surface area (Å²) >= 11 is 0. The summed E-state index contributed by atoms with van der Waals surface area (Å²) in [6.07, 6.45) is 8.37. The molecule has 5 nitrogen and oxygen atoms in total. The zero-order chi connectivity index (χ0) is 24.3. The summed E-state index contributed by atoms with van der Waals surface area (Å²) < 4.78 is 17.2. The first-order chi connectivity index (χ1) is 16.7. The lowest BCUT2D eigenvalue weighted by molar-refractivity contribution is -0.147. The van der Waals surface area contributed by atoms with E-state index in [1.165, 1.54) is 32.1 Å². The van der Waals surface area contributed by atoms with E-state index in [2.05, 4.69) is 6.92 Å². The number of aliphatic hydroxyl groups is 1. The molecule has 2 rings (SSSR count). The first kappa shape index (κ1) is 28.0. The van der Waals surface area contributed by atoms with Crippen molar-refractivity contribution in [3.8, 4) is 0 Å². The van der Waals surface area contributed by atoms with Crippen molar-refractivity contribution in [3.63, 3.8) is 0 Å². The SMILES string of the molecule is CCCCCCCCOC[C@H](CO)OCCCCC(=O)OC(c1ccccc1)c1ccccc1. The number of benzene rings is 2. The van der Waals surface area contributed by atoms with Crippen LogP contribution in [0.1, 0.15) is 81.9 Å². The fourth-order valence-corrected chi connectivity index (χ4v) is 3.75. The van der Waals surface area contributed by atoms with Gasteiger partial charge in [-0.1, -0.05) is 99.7 Å². The average molecular weight is 471 g/mol. The van der Waals surface area contributed by atoms with Gasteiger partial charge in [-0.25, -0.2) is 0 Å². The highest BCUT2D eigenvalue weighted by Crippen LogP contribution is 2.26. The molecule has 0 heterocycles. The summed E-state index contributed by atoms with van der Waals surface area (Å²) in [5.41, 5.74) is 1.91. The van der Waals surface area contributed by atoms with Gasteiger partial charge < -0.3 is 19.3 Å². The third-order valence-corrected chi connectivity index (χ3v) is 5.73. The Hall–Kier alpha value is -2.21. The molecule has 0 bridgehead atoms. The topological polar surface area (TPSA) is 65.0 Å². The molecule has 0 aromatic heterocycles. The van der Waals surface area contributed by atoms with Crippen molar-refractivity contribution in [2.24, 2.45) is 0 Å². The predicted octanol–water partition coefficient (Wildman–Crippen LogP) is 6.24. The third-order valence-electron chi connectivity index (χ3n) is 5.73. The van der Waals surface area contributed by atoms with Crippen LogP contribution in [-0.2, 0) is 19.0 Å². The van der Waals surface area contributed by atoms with Crippen molar-refractivity contribution in [2.45, 2.75) is 76.9 Å². The van der Waals surface area contributed by atoms with Crippen molar-refractivity contribution in [1.82, 2.24) is 0 Å². The fraction of sp³-hybridized carbons (Fsp3) is 0.552. The lowest BCUT2D eigenvalue weighted by Gasteiger charge is -2.19. The van der Waals surface area contributed by atoms with Gasteiger partial charge in [0, 0.05) is 19.6 Å². The molecule has 5 heteroatoms. The van der Waals surface area contributed by atoms with Crippen LogP contribution in [0.2, 0.25) is 0 Å². The summed E-state index contributed by atoms with van der Waals surface area (Å²) in [5.74, 6) is -0.223. The van der Waals surface area contributed by atoms with Crippen LogP contribution < -0.4 is 0 Å². The number of hydrogen-bond acceptors (Lipinski definition) is 5. The lowest BCUT2D eigenvalue weighted by atomic mass is 10.0. The Kier molecular flexibility index (Phi) is 15.0. The summed E-state index contributed by atoms with van der Waals surface area (Å²) in [5, 5.41) is 9.51. The van der Waals surface area contributed by atoms with Gasteiger partial charge in [0.1, 0.15) is 6.10 Å². The summed E-state index contributed by atoms with van der Waals surface area (Å²) in [4.78, 5) is 12.5. The van der Waals surface area contributed by atoms with Gasteiger partial charge >= 0.3 is 5.97 Å². The minimum atomic E-state index is -0.409. The smallest absolute Gasteiger partial charge is 0.306 e. The van der Waals surface area contributed by atoms with Crippen LogP contribution in [0.4, 0.5) is 0 Å². The van der Waals surface area contributed by atoms with Crippen LogP contribution >= 0.6 is 0 Å². The molecule has 0 saturated carbocycles. The Morgan fingerprint density at radius 2 is 1.38 bits per heavy atom. The minimum Gasteiger partial charge on any atom is -0.453 e. The predicted molar refractivity (Wildman–Crippen MR) is 136 cm³/mol. The summed E-state index contributed by atoms with van der Waals surface area (Å²) in [6.45, 7) is 3.76. The van der Waals surface area contributed by atoms with Gasteiger partial charge in [-0.15, -0.1) is 0 Å². The molecule has 1 N–H and O–H groups in total. The third kappa shape index (κ3) is 11.8. The number of carbonyl (C=O) groups excluding carboxylic acids is 1. The highest BCUT2D eigenvalue weighted by atomic mass is 16.5. The van der Waals surface area contributed by atoms with Gasteiger partial charge in [-0.05, 0) is 30.4 Å². The van der Waals surface area contributed by atoms with Crippen molar-refractivity contribution in [2.75, 3.05) is 26.4 Å². The van der Waals surface area contributed by atoms with Gasteiger partial charge in [0.25, 0.3) is 0 Å². The normalized spacial score (nSPS) is 12.1. The van der Waals surface area contributed by atoms with E-state index >= 15 is 0 Å². The van der Waals surface area contributed by atoms with Gasteiger partial charge in [-0.2, -0.15) is 0 Å². The quantitative estimate of drug-likeness (QED) is 0.194. The van der Waals surface area contributed by atoms with E-state index in [4.69, 9.17) is 14.2 Å². The van der Waals surface area contributed by atoms with E-state index in [0.717, 1.165) is 24.0 Å². The molecule has 1 atom stereocenters. The Balaban J connectivity index is 1.61. The maximum absolute atomic E-state index is 12.5. The summed E-state index contributed by atoms with van der Waals surface area (Å²) in [6, 6.07) is 19.6. The van der Waals surface area contributed by atoms with E-state index in [-0.39, 0.29) is 18.7 Å². The molecule has 0 fully saturated rings. The molecule has 0 spiro atoms. The van der Waals surface area contributed by atoms with Gasteiger partial charge in [0.05, 0.1) is 13.2 Å². The second-order valence-corrected chi connectivity index (χ2v) is 8.67. The first-order valence-corrected chi connectivity index (χ1v) is 12.8. The zero-order valence-corrected chi connectivity index (χ0v) is 20.7. The van der Waals surface area contributed by atoms with Gasteiger partial charge in [-0.3, -0.25) is 4.79 Å². The van der Waals surface area contributed by atoms with E-state index in [0.29, 0.717) is 32.7 Å². The monoisotopic (exact) mass is 470 g/mol. The maximum atomic E-state index is 12.5. The molecule has 0 aliphatic carbocycles. The van der Waals surface area contributed by atoms with E-state index in [1.54, 1.807) is 0 Å². The number of esters is 1. The number of hydrogen-bond donors (Lipinski definition) is 1. The molecule has 0 aliphatic rings. The molecule has 0 amide bonds. The molecular formula is C29H42O5. The summed E-state index contributed by atoms with van der Waals surface area (Å²) in [7, 11) is 0. The average Bonchev–Trinajstić information content (AvgIpc) is 2.88. The highest BCUT2D eigenvalue weighted by Gasteiger charge is 2.18. The molecule has 2 aromatic rings. The molecule has 0 unspecified atom stereocenters. The molecule has 0 radical (unpaired) electrons. The molecular weight excluding hydrogens is 428 g/mol. The van der Waals surface area contributed by atoms with Crippen molar-refractivity contribution in [3.05, 3.63) is 71.8 Å². The maximum Gasteiger partial charge on any atom is 0.306 e. The van der Waals surface area contributed by atoms with Crippen LogP contribution in [0.3, 0.4) is 0 Å². The lowest BCUT2D eigenvalue weighted by Crippen LogP contribution is -2.25. The van der Waals surface area contributed by atoms with Gasteiger partial charge in [0.2, 0.25) is 0 Å². The van der Waals surface area contributed by atoms with Crippen LogP contribution in [0.5, 0.6) is 0 Å². The van der Waals surface area contributed by atoms with Crippen LogP contribution in [-0.4, -0.2) is 43.6 Å². The highest BCUT2D eigenvalue weighted by molar-refractivity contribution is 5.70. The Morgan fingerprint density at radius 3 is 2.00 bits per heavy atom. The molecule has 34 heavy (non-hydrogen) atoms. The van der Waals surface area contributed by atoms with Crippen molar-refractivity contribution >= 4 is 5.97 Å². The standard InChI is InChI=1S/C29H42O5/c1-2-3-4-5-6-14-21-32-24-27(23-30)33-22-15-13-20-28(31)34-29(25-16-9-7-10-17-25)26-18-11-8-12-19-26/h7-12,16-19,27,29-30H,2-6,13-15,20-24H2,1H3/t27-/m0/s1. The van der Waals surface area contributed by atoms with E-state index < -0.39 is 6.10 Å². The number of rotatable bonds is 19. The van der Waals surface area contributed by atoms with E-state index in [9.17, 15) is 9.90 Å². The zero-order valence-electron chi connectivity index (χ0n) is 20.7. The Morgan fingerprint density at radius 1 is 0.794 bits per heavy atom. The number of aliphatic hydroxyl groups excluding tert-OH is 1. The minimum absolute atomic E-state index is 0.0611. The number of carbonyl (C=O) groups is 1. The van der Waals surface area contributed by atoms with Crippen molar-refractivity contribution in [1.29, 1.82) is 0 Å². The van der Waals surface area contributed by atoms with Crippen LogP contribution in [0.25, 0.3) is 0 Å². The molecule has 188 valence electrons. The number of ether oxygens (including phenoxy) is 3. The van der Waals surface area contributed by atoms with Crippen LogP contribution in [0.15, 0.2) is 60.7 Å². The molecule has 0 saturated heterocycles. The molecule has 2 aromatic carbocycles. The first-order valence-electron chi connectivity index (χ1n) is 12.8. The second-order valence-electron chi connectivity index (χ2n) is 8.67. The van der Waals surface area contributed by atoms with Gasteiger partial charge in [0.15, 0.2) is 6.10 Å². The van der Waals surface area contributed by atoms with Crippen LogP contribution in [0, 0.1) is 0 Å². The Bertz CT molecular complexity index is 710. The Labute approximate surface area is 205 Å². The van der Waals surface area contributed by atoms with Crippen molar-refractivity contribution < 1.29 is 24.1 Å². The fourth-order valence-electron chi connectivity index (χ4n) is 3.75. The number of unbranched alkanes of at least 4 members (excludes halogenated alkanes) is 6. The largest absolute Gasteiger partial charge is 0.453 e. The van der Waals surface area contributed by atoms with E-state index in [1.807, 2.05) is 60.7 Å². The molecule has 0 aliphatic heterocycles.